The molecule has 1 amide bonds. The zero-order valence-electron chi connectivity index (χ0n) is 21.4. The van der Waals surface area contributed by atoms with Crippen molar-refractivity contribution in [3.63, 3.8) is 0 Å². The Hall–Kier alpha value is -1.59. The molecule has 0 aliphatic carbocycles. The zero-order chi connectivity index (χ0) is 23.8. The van der Waals surface area contributed by atoms with Gasteiger partial charge in [0, 0.05) is 19.2 Å². The van der Waals surface area contributed by atoms with Gasteiger partial charge in [0.05, 0.1) is 19.8 Å². The standard InChI is InChI=1S/C28H49NO4/c1-3-4-5-6-7-8-9-10-11-12-13-14-15-16-21-31-22-23-32-24-25-33-28-19-17-27(18-20-28)29-26(2)30/h17-20H,3-16,21-25H2,1-2H3,(H,29,30). The van der Waals surface area contributed by atoms with Gasteiger partial charge in [-0.15, -0.1) is 0 Å². The lowest BCUT2D eigenvalue weighted by atomic mass is 10.0. The number of amides is 1. The zero-order valence-corrected chi connectivity index (χ0v) is 21.4. The number of rotatable bonds is 23. The highest BCUT2D eigenvalue weighted by Gasteiger charge is 1.98. The number of hydrogen-bond donors (Lipinski definition) is 1. The quantitative estimate of drug-likeness (QED) is 0.170. The van der Waals surface area contributed by atoms with E-state index in [0.717, 1.165) is 24.5 Å². The molecular weight excluding hydrogens is 414 g/mol. The van der Waals surface area contributed by atoms with Crippen molar-refractivity contribution in [2.24, 2.45) is 0 Å². The Labute approximate surface area is 203 Å². The van der Waals surface area contributed by atoms with E-state index in [0.29, 0.717) is 26.4 Å². The molecule has 0 heterocycles. The van der Waals surface area contributed by atoms with Crippen LogP contribution in [0.2, 0.25) is 0 Å². The largest absolute Gasteiger partial charge is 0.491 e. The second-order valence-electron chi connectivity index (χ2n) is 8.87. The molecule has 0 spiro atoms. The summed E-state index contributed by atoms with van der Waals surface area (Å²) in [4.78, 5) is 11.0. The molecule has 33 heavy (non-hydrogen) atoms. The minimum atomic E-state index is -0.0800. The van der Waals surface area contributed by atoms with Gasteiger partial charge in [0.2, 0.25) is 5.91 Å². The predicted octanol–water partition coefficient (Wildman–Crippen LogP) is 7.54. The lowest BCUT2D eigenvalue weighted by Gasteiger charge is -2.09. The van der Waals surface area contributed by atoms with Gasteiger partial charge in [-0.2, -0.15) is 0 Å². The molecule has 0 aliphatic heterocycles. The molecule has 1 N–H and O–H groups in total. The fourth-order valence-corrected chi connectivity index (χ4v) is 3.78. The summed E-state index contributed by atoms with van der Waals surface area (Å²) < 4.78 is 16.8. The van der Waals surface area contributed by atoms with E-state index >= 15 is 0 Å². The second kappa shape index (κ2) is 22.2. The maximum Gasteiger partial charge on any atom is 0.221 e. The Bertz CT molecular complexity index is 562. The average molecular weight is 464 g/mol. The molecule has 0 bridgehead atoms. The van der Waals surface area contributed by atoms with E-state index in [9.17, 15) is 4.79 Å². The van der Waals surface area contributed by atoms with Crippen LogP contribution in [0.4, 0.5) is 5.69 Å². The molecule has 0 aliphatic rings. The van der Waals surface area contributed by atoms with Gasteiger partial charge in [-0.1, -0.05) is 90.4 Å². The van der Waals surface area contributed by atoms with E-state index in [-0.39, 0.29) is 5.91 Å². The number of anilines is 1. The first-order valence-corrected chi connectivity index (χ1v) is 13.4. The van der Waals surface area contributed by atoms with Crippen LogP contribution < -0.4 is 10.1 Å². The predicted molar refractivity (Wildman–Crippen MR) is 138 cm³/mol. The first-order chi connectivity index (χ1) is 16.2. The third kappa shape index (κ3) is 19.6. The summed E-state index contributed by atoms with van der Waals surface area (Å²) in [7, 11) is 0. The minimum Gasteiger partial charge on any atom is -0.491 e. The van der Waals surface area contributed by atoms with Crippen molar-refractivity contribution in [3.05, 3.63) is 24.3 Å². The van der Waals surface area contributed by atoms with Gasteiger partial charge in [0.25, 0.3) is 0 Å². The molecule has 5 heteroatoms. The summed E-state index contributed by atoms with van der Waals surface area (Å²) in [6.07, 6.45) is 19.3. The van der Waals surface area contributed by atoms with Crippen molar-refractivity contribution in [1.82, 2.24) is 0 Å². The van der Waals surface area contributed by atoms with Gasteiger partial charge in [0.15, 0.2) is 0 Å². The van der Waals surface area contributed by atoms with Gasteiger partial charge < -0.3 is 19.5 Å². The maximum atomic E-state index is 11.0. The number of unbranched alkanes of at least 4 members (excludes halogenated alkanes) is 13. The van der Waals surface area contributed by atoms with E-state index < -0.39 is 0 Å². The summed E-state index contributed by atoms with van der Waals surface area (Å²) >= 11 is 0. The third-order valence-electron chi connectivity index (χ3n) is 5.69. The monoisotopic (exact) mass is 463 g/mol. The minimum absolute atomic E-state index is 0.0800. The van der Waals surface area contributed by atoms with Crippen LogP contribution in [0.5, 0.6) is 5.75 Å². The summed E-state index contributed by atoms with van der Waals surface area (Å²) in [5, 5.41) is 2.73. The molecule has 1 rings (SSSR count). The van der Waals surface area contributed by atoms with E-state index in [1.54, 1.807) is 0 Å². The Kier molecular flexibility index (Phi) is 19.8. The molecule has 0 saturated carbocycles. The molecule has 5 nitrogen and oxygen atoms in total. The molecule has 0 radical (unpaired) electrons. The smallest absolute Gasteiger partial charge is 0.221 e. The number of nitrogens with one attached hydrogen (secondary N) is 1. The van der Waals surface area contributed by atoms with Crippen molar-refractivity contribution in [2.45, 2.75) is 104 Å². The van der Waals surface area contributed by atoms with Gasteiger partial charge in [-0.05, 0) is 30.7 Å². The lowest BCUT2D eigenvalue weighted by molar-refractivity contribution is -0.114. The number of benzene rings is 1. The number of carbonyl (C=O) groups excluding carboxylic acids is 1. The van der Waals surface area contributed by atoms with Gasteiger partial charge in [-0.3, -0.25) is 4.79 Å². The van der Waals surface area contributed by atoms with Crippen LogP contribution in [-0.2, 0) is 14.3 Å². The van der Waals surface area contributed by atoms with Gasteiger partial charge in [0.1, 0.15) is 12.4 Å². The Morgan fingerprint density at radius 1 is 0.636 bits per heavy atom. The van der Waals surface area contributed by atoms with Crippen LogP contribution in [0.15, 0.2) is 24.3 Å². The molecule has 0 unspecified atom stereocenters. The van der Waals surface area contributed by atoms with Crippen LogP contribution in [0.25, 0.3) is 0 Å². The molecule has 0 saturated heterocycles. The summed E-state index contributed by atoms with van der Waals surface area (Å²) in [5.74, 6) is 0.686. The highest BCUT2D eigenvalue weighted by atomic mass is 16.5. The first kappa shape index (κ1) is 29.4. The van der Waals surface area contributed by atoms with E-state index in [1.807, 2.05) is 24.3 Å². The number of ether oxygens (including phenoxy) is 3. The van der Waals surface area contributed by atoms with E-state index in [4.69, 9.17) is 14.2 Å². The van der Waals surface area contributed by atoms with Crippen LogP contribution in [0.1, 0.15) is 104 Å². The molecule has 1 aromatic carbocycles. The molecule has 1 aromatic rings. The highest BCUT2D eigenvalue weighted by Crippen LogP contribution is 2.15. The van der Waals surface area contributed by atoms with Crippen LogP contribution in [0.3, 0.4) is 0 Å². The van der Waals surface area contributed by atoms with Gasteiger partial charge >= 0.3 is 0 Å². The van der Waals surface area contributed by atoms with Crippen LogP contribution >= 0.6 is 0 Å². The second-order valence-corrected chi connectivity index (χ2v) is 8.87. The number of hydrogen-bond acceptors (Lipinski definition) is 4. The maximum absolute atomic E-state index is 11.0. The molecule has 0 fully saturated rings. The van der Waals surface area contributed by atoms with Crippen LogP contribution in [-0.4, -0.2) is 38.9 Å². The van der Waals surface area contributed by atoms with Crippen molar-refractivity contribution in [3.8, 4) is 5.75 Å². The molecule has 0 atom stereocenters. The molecule has 190 valence electrons. The van der Waals surface area contributed by atoms with Gasteiger partial charge in [-0.25, -0.2) is 0 Å². The molecule has 0 aromatic heterocycles. The first-order valence-electron chi connectivity index (χ1n) is 13.4. The van der Waals surface area contributed by atoms with Crippen LogP contribution in [0, 0.1) is 0 Å². The third-order valence-corrected chi connectivity index (χ3v) is 5.69. The van der Waals surface area contributed by atoms with E-state index in [1.165, 1.54) is 90.4 Å². The SMILES string of the molecule is CCCCCCCCCCCCCCCCOCCOCCOc1ccc(NC(C)=O)cc1. The fraction of sp³-hybridized carbons (Fsp3) is 0.750. The highest BCUT2D eigenvalue weighted by molar-refractivity contribution is 5.88. The topological polar surface area (TPSA) is 56.8 Å². The van der Waals surface area contributed by atoms with Crippen molar-refractivity contribution in [2.75, 3.05) is 38.4 Å². The Morgan fingerprint density at radius 3 is 1.61 bits per heavy atom. The van der Waals surface area contributed by atoms with Crippen molar-refractivity contribution in [1.29, 1.82) is 0 Å². The van der Waals surface area contributed by atoms with Crippen molar-refractivity contribution < 1.29 is 19.0 Å². The number of carbonyl (C=O) groups is 1. The average Bonchev–Trinajstić information content (AvgIpc) is 2.81. The van der Waals surface area contributed by atoms with E-state index in [2.05, 4.69) is 12.2 Å². The fourth-order valence-electron chi connectivity index (χ4n) is 3.78. The summed E-state index contributed by atoms with van der Waals surface area (Å²) in [6.45, 7) is 6.88. The normalized spacial score (nSPS) is 11.0. The Balaban J connectivity index is 1.75. The lowest BCUT2D eigenvalue weighted by Crippen LogP contribution is -2.11. The molecular formula is C28H49NO4. The van der Waals surface area contributed by atoms with Crippen molar-refractivity contribution >= 4 is 11.6 Å². The Morgan fingerprint density at radius 2 is 1.09 bits per heavy atom. The summed E-state index contributed by atoms with van der Waals surface area (Å²) in [5.41, 5.74) is 0.766. The summed E-state index contributed by atoms with van der Waals surface area (Å²) in [6, 6.07) is 7.32.